The quantitative estimate of drug-likeness (QED) is 0.502. The Kier molecular flexibility index (Phi) is 2.99. The van der Waals surface area contributed by atoms with Crippen molar-refractivity contribution >= 4 is 23.4 Å². The molecule has 0 saturated heterocycles. The molecule has 2 aromatic rings. The average molecular weight is 212 g/mol. The summed E-state index contributed by atoms with van der Waals surface area (Å²) in [5.41, 5.74) is 2.38. The van der Waals surface area contributed by atoms with Gasteiger partial charge in [0.15, 0.2) is 0 Å². The van der Waals surface area contributed by atoms with Crippen molar-refractivity contribution in [1.29, 1.82) is 0 Å². The zero-order chi connectivity index (χ0) is 10.7. The van der Waals surface area contributed by atoms with Gasteiger partial charge in [-0.2, -0.15) is 12.6 Å². The fourth-order valence-corrected chi connectivity index (χ4v) is 1.77. The Labute approximate surface area is 95.7 Å². The van der Waals surface area contributed by atoms with Gasteiger partial charge in [-0.25, -0.2) is 0 Å². The molecule has 0 amide bonds. The van der Waals surface area contributed by atoms with E-state index in [-0.39, 0.29) is 0 Å². The normalized spacial score (nSPS) is 9.73. The molecule has 0 saturated carbocycles. The third-order valence-corrected chi connectivity index (χ3v) is 2.60. The van der Waals surface area contributed by atoms with Crippen molar-refractivity contribution in [2.75, 3.05) is 5.75 Å². The van der Waals surface area contributed by atoms with E-state index in [1.807, 2.05) is 6.07 Å². The second-order valence-corrected chi connectivity index (χ2v) is 3.75. The van der Waals surface area contributed by atoms with Crippen LogP contribution in [0.3, 0.4) is 0 Å². The Balaban J connectivity index is 2.72. The monoisotopic (exact) mass is 212 g/mol. The summed E-state index contributed by atoms with van der Waals surface area (Å²) in [5.74, 6) is 6.73. The zero-order valence-corrected chi connectivity index (χ0v) is 9.51. The molecule has 0 aromatic heterocycles. The lowest BCUT2D eigenvalue weighted by molar-refractivity contribution is 1.52. The largest absolute Gasteiger partial charge is 0.166 e. The summed E-state index contributed by atoms with van der Waals surface area (Å²) >= 11 is 4.09. The van der Waals surface area contributed by atoms with Crippen molar-refractivity contribution in [3.63, 3.8) is 0 Å². The van der Waals surface area contributed by atoms with Crippen LogP contribution >= 0.6 is 12.6 Å². The van der Waals surface area contributed by atoms with Crippen LogP contribution in [0.4, 0.5) is 0 Å². The summed E-state index contributed by atoms with van der Waals surface area (Å²) in [7, 11) is 0. The Morgan fingerprint density at radius 1 is 1.07 bits per heavy atom. The van der Waals surface area contributed by atoms with Crippen LogP contribution in [0.25, 0.3) is 10.8 Å². The molecule has 74 valence electrons. The lowest BCUT2D eigenvalue weighted by Gasteiger charge is -2.03. The van der Waals surface area contributed by atoms with Crippen molar-refractivity contribution in [2.45, 2.75) is 6.92 Å². The van der Waals surface area contributed by atoms with E-state index in [0.717, 1.165) is 5.56 Å². The Morgan fingerprint density at radius 2 is 1.80 bits per heavy atom. The third-order valence-electron chi connectivity index (χ3n) is 2.44. The fraction of sp³-hybridized carbons (Fsp3) is 0.143. The van der Waals surface area contributed by atoms with E-state index in [0.29, 0.717) is 5.75 Å². The summed E-state index contributed by atoms with van der Waals surface area (Å²) < 4.78 is 0. The molecule has 0 aliphatic rings. The molecule has 0 radical (unpaired) electrons. The lowest BCUT2D eigenvalue weighted by Crippen LogP contribution is -1.83. The number of benzene rings is 2. The summed E-state index contributed by atoms with van der Waals surface area (Å²) in [5, 5.41) is 2.51. The Bertz CT molecular complexity index is 544. The maximum atomic E-state index is 4.09. The molecule has 0 aliphatic carbocycles. The van der Waals surface area contributed by atoms with Crippen LogP contribution in [0.5, 0.6) is 0 Å². The van der Waals surface area contributed by atoms with Gasteiger partial charge in [0.25, 0.3) is 0 Å². The topological polar surface area (TPSA) is 0 Å². The highest BCUT2D eigenvalue weighted by atomic mass is 32.1. The number of hydrogen-bond acceptors (Lipinski definition) is 1. The highest BCUT2D eigenvalue weighted by Gasteiger charge is 1.99. The van der Waals surface area contributed by atoms with Gasteiger partial charge in [-0.3, -0.25) is 0 Å². The second-order valence-electron chi connectivity index (χ2n) is 3.44. The molecule has 1 heteroatoms. The minimum Gasteiger partial charge on any atom is -0.166 e. The van der Waals surface area contributed by atoms with Crippen LogP contribution in [0, 0.1) is 18.8 Å². The van der Waals surface area contributed by atoms with E-state index in [1.165, 1.54) is 16.3 Å². The van der Waals surface area contributed by atoms with Gasteiger partial charge in [-0.15, -0.1) is 0 Å². The SMILES string of the molecule is Cc1ccc(C#CCS)c2ccccc12. The number of hydrogen-bond donors (Lipinski definition) is 1. The first-order chi connectivity index (χ1) is 7.33. The van der Waals surface area contributed by atoms with Gasteiger partial charge in [0.2, 0.25) is 0 Å². The van der Waals surface area contributed by atoms with Crippen LogP contribution in [-0.4, -0.2) is 5.75 Å². The molecule has 0 unspecified atom stereocenters. The molecule has 0 spiro atoms. The van der Waals surface area contributed by atoms with Crippen LogP contribution in [0.15, 0.2) is 36.4 Å². The van der Waals surface area contributed by atoms with Gasteiger partial charge >= 0.3 is 0 Å². The molecule has 0 bridgehead atoms. The molecule has 0 heterocycles. The summed E-state index contributed by atoms with van der Waals surface area (Å²) in [6, 6.07) is 12.6. The molecular formula is C14H12S. The fourth-order valence-electron chi connectivity index (χ4n) is 1.69. The standard InChI is InChI=1S/C14H12S/c1-11-8-9-12(5-4-10-15)14-7-3-2-6-13(11)14/h2-3,6-9,15H,10H2,1H3. The van der Waals surface area contributed by atoms with Gasteiger partial charge < -0.3 is 0 Å². The van der Waals surface area contributed by atoms with Gasteiger partial charge in [-0.1, -0.05) is 42.2 Å². The number of rotatable bonds is 0. The van der Waals surface area contributed by atoms with E-state index in [1.54, 1.807) is 0 Å². The Hall–Kier alpha value is -1.39. The molecular weight excluding hydrogens is 200 g/mol. The van der Waals surface area contributed by atoms with Gasteiger partial charge in [0, 0.05) is 5.56 Å². The molecule has 2 aromatic carbocycles. The van der Waals surface area contributed by atoms with Crippen molar-refractivity contribution in [2.24, 2.45) is 0 Å². The molecule has 0 N–H and O–H groups in total. The molecule has 0 aliphatic heterocycles. The zero-order valence-electron chi connectivity index (χ0n) is 8.62. The number of fused-ring (bicyclic) bond motifs is 1. The first-order valence-corrected chi connectivity index (χ1v) is 5.54. The van der Waals surface area contributed by atoms with Crippen LogP contribution in [0.2, 0.25) is 0 Å². The van der Waals surface area contributed by atoms with Crippen molar-refractivity contribution in [3.8, 4) is 11.8 Å². The highest BCUT2D eigenvalue weighted by molar-refractivity contribution is 7.80. The highest BCUT2D eigenvalue weighted by Crippen LogP contribution is 2.21. The minimum atomic E-state index is 0.599. The molecule has 0 nitrogen and oxygen atoms in total. The number of aryl methyl sites for hydroxylation is 1. The molecule has 0 fully saturated rings. The first-order valence-electron chi connectivity index (χ1n) is 4.91. The van der Waals surface area contributed by atoms with Crippen molar-refractivity contribution < 1.29 is 0 Å². The molecule has 15 heavy (non-hydrogen) atoms. The van der Waals surface area contributed by atoms with Crippen molar-refractivity contribution in [1.82, 2.24) is 0 Å². The van der Waals surface area contributed by atoms with Crippen molar-refractivity contribution in [3.05, 3.63) is 47.5 Å². The average Bonchev–Trinajstić information content (AvgIpc) is 2.29. The lowest BCUT2D eigenvalue weighted by atomic mass is 10.0. The Morgan fingerprint density at radius 3 is 2.53 bits per heavy atom. The van der Waals surface area contributed by atoms with Gasteiger partial charge in [0.05, 0.1) is 5.75 Å². The van der Waals surface area contributed by atoms with E-state index >= 15 is 0 Å². The second kappa shape index (κ2) is 4.42. The maximum Gasteiger partial charge on any atom is 0.0521 e. The smallest absolute Gasteiger partial charge is 0.0521 e. The van der Waals surface area contributed by atoms with Crippen LogP contribution in [-0.2, 0) is 0 Å². The third kappa shape index (κ3) is 2.00. The maximum absolute atomic E-state index is 4.09. The summed E-state index contributed by atoms with van der Waals surface area (Å²) in [4.78, 5) is 0. The van der Waals surface area contributed by atoms with Crippen LogP contribution < -0.4 is 0 Å². The van der Waals surface area contributed by atoms with Crippen LogP contribution in [0.1, 0.15) is 11.1 Å². The molecule has 2 rings (SSSR count). The van der Waals surface area contributed by atoms with Gasteiger partial charge in [0.1, 0.15) is 0 Å². The summed E-state index contributed by atoms with van der Waals surface area (Å²) in [6.07, 6.45) is 0. The van der Waals surface area contributed by atoms with Gasteiger partial charge in [-0.05, 0) is 29.3 Å². The minimum absolute atomic E-state index is 0.599. The molecule has 0 atom stereocenters. The van der Waals surface area contributed by atoms with E-state index in [2.05, 4.69) is 61.7 Å². The predicted molar refractivity (Wildman–Crippen MR) is 69.4 cm³/mol. The van der Waals surface area contributed by atoms with E-state index in [4.69, 9.17) is 0 Å². The summed E-state index contributed by atoms with van der Waals surface area (Å²) in [6.45, 7) is 2.12. The number of thiol groups is 1. The van der Waals surface area contributed by atoms with E-state index < -0.39 is 0 Å². The first kappa shape index (κ1) is 10.1. The van der Waals surface area contributed by atoms with E-state index in [9.17, 15) is 0 Å². The predicted octanol–water partition coefficient (Wildman–Crippen LogP) is 3.43.